The highest BCUT2D eigenvalue weighted by atomic mass is 35.5. The van der Waals surface area contributed by atoms with Gasteiger partial charge in [-0.15, -0.1) is 0 Å². The van der Waals surface area contributed by atoms with Crippen LogP contribution < -0.4 is 15.4 Å². The van der Waals surface area contributed by atoms with Gasteiger partial charge >= 0.3 is 0 Å². The van der Waals surface area contributed by atoms with E-state index < -0.39 is 17.4 Å². The van der Waals surface area contributed by atoms with Crippen molar-refractivity contribution >= 4 is 45.8 Å². The predicted octanol–water partition coefficient (Wildman–Crippen LogP) is 4.31. The largest absolute Gasteiger partial charge is 0.507 e. The molecule has 1 aromatic carbocycles. The second-order valence-corrected chi connectivity index (χ2v) is 12.8. The lowest BCUT2D eigenvalue weighted by Gasteiger charge is -2.47. The number of benzene rings is 1. The Bertz CT molecular complexity index is 2010. The van der Waals surface area contributed by atoms with Gasteiger partial charge in [-0.2, -0.15) is 0 Å². The monoisotopic (exact) mass is 659 g/mol. The predicted molar refractivity (Wildman–Crippen MR) is 180 cm³/mol. The first kappa shape index (κ1) is 32.1. The minimum Gasteiger partial charge on any atom is -0.507 e. The van der Waals surface area contributed by atoms with Crippen molar-refractivity contribution in [1.82, 2.24) is 24.3 Å². The van der Waals surface area contributed by atoms with Crippen molar-refractivity contribution in [1.29, 1.82) is 0 Å². The van der Waals surface area contributed by atoms with Gasteiger partial charge in [0.15, 0.2) is 5.65 Å². The van der Waals surface area contributed by atoms with Gasteiger partial charge in [0.1, 0.15) is 23.3 Å². The number of pyridine rings is 3. The summed E-state index contributed by atoms with van der Waals surface area (Å²) in [6.07, 6.45) is 2.91. The summed E-state index contributed by atoms with van der Waals surface area (Å²) in [7, 11) is 5.36. The Kier molecular flexibility index (Phi) is 8.27. The molecule has 5 heterocycles. The van der Waals surface area contributed by atoms with Gasteiger partial charge < -0.3 is 24.7 Å². The summed E-state index contributed by atoms with van der Waals surface area (Å²) in [6, 6.07) is 6.55. The number of anilines is 2. The van der Waals surface area contributed by atoms with Gasteiger partial charge in [0.2, 0.25) is 5.91 Å². The highest BCUT2D eigenvalue weighted by Crippen LogP contribution is 2.44. The minimum atomic E-state index is -0.786. The molecule has 3 aromatic heterocycles. The van der Waals surface area contributed by atoms with Crippen LogP contribution in [0.1, 0.15) is 31.0 Å². The van der Waals surface area contributed by atoms with Crippen LogP contribution in [0, 0.1) is 5.82 Å². The second kappa shape index (κ2) is 12.1. The number of carbonyl (C=O) groups excluding carboxylic acids is 2. The molecule has 11 nitrogen and oxygen atoms in total. The first-order valence-corrected chi connectivity index (χ1v) is 15.6. The molecule has 2 aliphatic rings. The fraction of sp³-hybridized carbons (Fsp3) is 0.324. The maximum atomic E-state index is 15.3. The number of hydrogen-bond donors (Lipinski definition) is 1. The summed E-state index contributed by atoms with van der Waals surface area (Å²) >= 11 is 6.86. The third kappa shape index (κ3) is 5.21. The molecule has 6 rings (SSSR count). The van der Waals surface area contributed by atoms with Crippen LogP contribution in [-0.4, -0.2) is 88.1 Å². The molecule has 1 fully saturated rings. The van der Waals surface area contributed by atoms with Crippen molar-refractivity contribution in [2.75, 3.05) is 50.6 Å². The molecule has 2 aliphatic heterocycles. The molecule has 1 N–H and O–H groups in total. The summed E-state index contributed by atoms with van der Waals surface area (Å²) in [5.41, 5.74) is 1.82. The average molecular weight is 660 g/mol. The number of aromatic hydroxyl groups is 1. The Morgan fingerprint density at radius 1 is 1.19 bits per heavy atom. The third-order valence-electron chi connectivity index (χ3n) is 8.68. The Balaban J connectivity index is 1.76. The van der Waals surface area contributed by atoms with E-state index >= 15 is 4.39 Å². The first-order chi connectivity index (χ1) is 22.3. The van der Waals surface area contributed by atoms with Gasteiger partial charge in [-0.05, 0) is 55.9 Å². The number of nitrogens with zero attached hydrogens (tertiary/aromatic N) is 7. The van der Waals surface area contributed by atoms with Gasteiger partial charge in [-0.1, -0.05) is 38.1 Å². The molecule has 13 heteroatoms. The van der Waals surface area contributed by atoms with Crippen LogP contribution in [0.2, 0.25) is 5.02 Å². The Morgan fingerprint density at radius 2 is 1.94 bits per heavy atom. The lowest BCUT2D eigenvalue weighted by Crippen LogP contribution is -2.63. The average Bonchev–Trinajstić information content (AvgIpc) is 3.03. The number of hydrogen-bond acceptors (Lipinski definition) is 8. The maximum absolute atomic E-state index is 15.3. The Hall–Kier alpha value is -4.81. The van der Waals surface area contributed by atoms with Crippen LogP contribution in [0.15, 0.2) is 54.0 Å². The SMILES string of the molecule is C=CC(=O)N1CCN2c3c(c(=O)n(-c4c(CN(C)C)ccnc4C(C)C)c4nc(-c5c(O)cccc5F)c(Cl)cc34)N(C)C(=O)[C@H]2C1. The van der Waals surface area contributed by atoms with Crippen molar-refractivity contribution in [2.24, 2.45) is 0 Å². The Labute approximate surface area is 276 Å². The number of likely N-dealkylation sites (N-methyl/N-ethyl adjacent to an activating group) is 1. The van der Waals surface area contributed by atoms with Gasteiger partial charge in [0.05, 0.1) is 39.9 Å². The third-order valence-corrected chi connectivity index (χ3v) is 8.97. The number of phenolic OH excluding ortho intramolecular Hbond substituents is 1. The topological polar surface area (TPSA) is 115 Å². The molecule has 0 radical (unpaired) electrons. The lowest BCUT2D eigenvalue weighted by molar-refractivity contribution is -0.128. The zero-order valence-electron chi connectivity index (χ0n) is 26.8. The van der Waals surface area contributed by atoms with Crippen LogP contribution in [-0.2, 0) is 16.1 Å². The maximum Gasteiger partial charge on any atom is 0.283 e. The summed E-state index contributed by atoms with van der Waals surface area (Å²) < 4.78 is 16.7. The molecule has 47 heavy (non-hydrogen) atoms. The molecule has 0 unspecified atom stereocenters. The van der Waals surface area contributed by atoms with E-state index in [0.29, 0.717) is 29.0 Å². The number of phenols is 1. The highest BCUT2D eigenvalue weighted by molar-refractivity contribution is 6.34. The minimum absolute atomic E-state index is 0.0330. The Morgan fingerprint density at radius 3 is 2.60 bits per heavy atom. The van der Waals surface area contributed by atoms with Crippen LogP contribution in [0.5, 0.6) is 5.75 Å². The van der Waals surface area contributed by atoms with E-state index in [9.17, 15) is 19.5 Å². The van der Waals surface area contributed by atoms with Crippen LogP contribution in [0.3, 0.4) is 0 Å². The van der Waals surface area contributed by atoms with Gasteiger partial charge in [-0.3, -0.25) is 23.9 Å². The lowest BCUT2D eigenvalue weighted by atomic mass is 9.99. The van der Waals surface area contributed by atoms with E-state index in [0.717, 1.165) is 5.56 Å². The summed E-state index contributed by atoms with van der Waals surface area (Å²) in [5, 5.41) is 11.2. The van der Waals surface area contributed by atoms with E-state index in [1.165, 1.54) is 33.7 Å². The number of halogens is 2. The van der Waals surface area contributed by atoms with E-state index in [1.54, 1.807) is 24.2 Å². The van der Waals surface area contributed by atoms with Crippen molar-refractivity contribution in [3.05, 3.63) is 81.6 Å². The molecule has 1 atom stereocenters. The molecule has 2 amide bonds. The number of amides is 2. The summed E-state index contributed by atoms with van der Waals surface area (Å²) in [4.78, 5) is 57.6. The van der Waals surface area contributed by atoms with Crippen LogP contribution >= 0.6 is 11.6 Å². The quantitative estimate of drug-likeness (QED) is 0.305. The standard InChI is InChI=1S/C34H35ClFN7O4/c1-7-25(45)41-13-14-42-23(17-41)33(46)40(6)31-30(42)20-15-21(35)28(26-22(36)9-8-10-24(26)44)38-32(20)43(34(31)47)29-19(16-39(4)5)11-12-37-27(29)18(2)3/h7-12,15,18,23,44H,1,13-14,16-17H2,2-6H3/t23-/m1/s1. The molecular weight excluding hydrogens is 625 g/mol. The molecule has 0 saturated carbocycles. The fourth-order valence-electron chi connectivity index (χ4n) is 6.56. The number of fused-ring (bicyclic) bond motifs is 5. The molecule has 4 aromatic rings. The number of carbonyl (C=O) groups is 2. The zero-order valence-corrected chi connectivity index (χ0v) is 27.5. The normalized spacial score (nSPS) is 16.2. The van der Waals surface area contributed by atoms with E-state index in [2.05, 4.69) is 11.6 Å². The first-order valence-electron chi connectivity index (χ1n) is 15.2. The van der Waals surface area contributed by atoms with Gasteiger partial charge in [0, 0.05) is 38.3 Å². The molecule has 244 valence electrons. The smallest absolute Gasteiger partial charge is 0.283 e. The van der Waals surface area contributed by atoms with Crippen molar-refractivity contribution in [3.8, 4) is 22.7 Å². The van der Waals surface area contributed by atoms with Crippen molar-refractivity contribution in [2.45, 2.75) is 32.4 Å². The van der Waals surface area contributed by atoms with Crippen molar-refractivity contribution in [3.63, 3.8) is 0 Å². The fourth-order valence-corrected chi connectivity index (χ4v) is 6.81. The number of rotatable bonds is 6. The molecule has 0 aliphatic carbocycles. The van der Waals surface area contributed by atoms with E-state index in [-0.39, 0.29) is 70.7 Å². The zero-order chi connectivity index (χ0) is 33.9. The van der Waals surface area contributed by atoms with E-state index in [4.69, 9.17) is 16.6 Å². The summed E-state index contributed by atoms with van der Waals surface area (Å²) in [5.74, 6) is -1.87. The second-order valence-electron chi connectivity index (χ2n) is 12.4. The molecule has 0 bridgehead atoms. The molecule has 0 spiro atoms. The van der Waals surface area contributed by atoms with Crippen LogP contribution in [0.25, 0.3) is 28.0 Å². The highest BCUT2D eigenvalue weighted by Gasteiger charge is 2.44. The number of aromatic nitrogens is 3. The van der Waals surface area contributed by atoms with E-state index in [1.807, 2.05) is 43.8 Å². The number of piperazine rings is 1. The van der Waals surface area contributed by atoms with Crippen molar-refractivity contribution < 1.29 is 19.1 Å². The molecule has 1 saturated heterocycles. The van der Waals surface area contributed by atoms with Crippen LogP contribution in [0.4, 0.5) is 15.8 Å². The molecular formula is C34H35ClFN7O4. The van der Waals surface area contributed by atoms with Gasteiger partial charge in [0.25, 0.3) is 11.5 Å². The van der Waals surface area contributed by atoms with Gasteiger partial charge in [-0.25, -0.2) is 9.37 Å². The summed E-state index contributed by atoms with van der Waals surface area (Å²) in [6.45, 7) is 8.59.